The van der Waals surface area contributed by atoms with Crippen molar-refractivity contribution in [3.8, 4) is 6.07 Å². The van der Waals surface area contributed by atoms with Crippen LogP contribution in [0, 0.1) is 18.3 Å². The second kappa shape index (κ2) is 8.63. The van der Waals surface area contributed by atoms with Crippen LogP contribution in [0.3, 0.4) is 0 Å². The molecule has 31 heavy (non-hydrogen) atoms. The highest BCUT2D eigenvalue weighted by Gasteiger charge is 2.37. The first-order valence-corrected chi connectivity index (χ1v) is 9.46. The van der Waals surface area contributed by atoms with Gasteiger partial charge in [-0.05, 0) is 36.8 Å². The van der Waals surface area contributed by atoms with Gasteiger partial charge in [0.05, 0.1) is 29.3 Å². The third kappa shape index (κ3) is 4.60. The quantitative estimate of drug-likeness (QED) is 0.806. The smallest absolute Gasteiger partial charge is 0.357 e. The van der Waals surface area contributed by atoms with Gasteiger partial charge in [-0.25, -0.2) is 0 Å². The monoisotopic (exact) mass is 431 g/mol. The molecule has 1 aromatic carbocycles. The predicted octanol–water partition coefficient (Wildman–Crippen LogP) is 2.36. The van der Waals surface area contributed by atoms with Crippen LogP contribution in [0.2, 0.25) is 0 Å². The number of hydrogen-bond acceptors (Lipinski definition) is 5. The van der Waals surface area contributed by atoms with Gasteiger partial charge in [-0.2, -0.15) is 18.4 Å². The number of nitrogens with one attached hydrogen (secondary N) is 1. The van der Waals surface area contributed by atoms with Crippen molar-refractivity contribution in [2.45, 2.75) is 19.1 Å². The number of alkyl halides is 3. The van der Waals surface area contributed by atoms with E-state index < -0.39 is 29.3 Å². The number of amides is 2. The zero-order valence-corrected chi connectivity index (χ0v) is 16.9. The van der Waals surface area contributed by atoms with E-state index in [9.17, 15) is 22.8 Å². The molecule has 3 rings (SSSR count). The second-order valence-electron chi connectivity index (χ2n) is 7.17. The Morgan fingerprint density at radius 1 is 1.23 bits per heavy atom. The molecule has 0 saturated carbocycles. The lowest BCUT2D eigenvalue weighted by atomic mass is 10.0. The molecule has 2 heterocycles. The molecule has 1 atom stereocenters. The van der Waals surface area contributed by atoms with Crippen molar-refractivity contribution in [1.82, 2.24) is 15.2 Å². The fourth-order valence-corrected chi connectivity index (χ4v) is 3.56. The lowest BCUT2D eigenvalue weighted by Crippen LogP contribution is -2.60. The number of aromatic nitrogens is 1. The van der Waals surface area contributed by atoms with Crippen LogP contribution < -0.4 is 10.2 Å². The molecule has 2 amide bonds. The number of nitrogens with zero attached hydrogens (tertiary/aromatic N) is 4. The maximum atomic E-state index is 13.4. The van der Waals surface area contributed by atoms with Gasteiger partial charge in [0.25, 0.3) is 5.91 Å². The van der Waals surface area contributed by atoms with Gasteiger partial charge in [-0.1, -0.05) is 0 Å². The van der Waals surface area contributed by atoms with E-state index in [-0.39, 0.29) is 31.2 Å². The number of likely N-dealkylation sites (N-methyl/N-ethyl adjacent to an activating group) is 1. The summed E-state index contributed by atoms with van der Waals surface area (Å²) in [5.74, 6) is -0.738. The number of aryl methyl sites for hydroxylation is 1. The van der Waals surface area contributed by atoms with Crippen LogP contribution in [0.1, 0.15) is 27.0 Å². The van der Waals surface area contributed by atoms with Crippen LogP contribution in [-0.2, 0) is 11.0 Å². The van der Waals surface area contributed by atoms with E-state index in [0.717, 1.165) is 17.7 Å². The number of nitriles is 1. The summed E-state index contributed by atoms with van der Waals surface area (Å²) in [6.45, 7) is 2.15. The average molecular weight is 431 g/mol. The largest absolute Gasteiger partial charge is 0.417 e. The standard InChI is InChI=1S/C21H20F3N5O2/c1-13-7-15(11-27-10-13)20(31)28-5-6-29(18(12-28)19(30)26-2)16-4-3-14(9-25)17(8-16)21(22,23)24/h3-4,7-8,10-11,18H,5-6,12H2,1-2H3,(H,26,30). The molecule has 1 N–H and O–H groups in total. The summed E-state index contributed by atoms with van der Waals surface area (Å²) in [4.78, 5) is 32.4. The lowest BCUT2D eigenvalue weighted by Gasteiger charge is -2.42. The Kier molecular flexibility index (Phi) is 6.15. The summed E-state index contributed by atoms with van der Waals surface area (Å²) in [6, 6.07) is 5.68. The average Bonchev–Trinajstić information content (AvgIpc) is 2.76. The number of piperazine rings is 1. The van der Waals surface area contributed by atoms with Crippen molar-refractivity contribution >= 4 is 17.5 Å². The molecule has 0 spiro atoms. The number of carbonyl (C=O) groups excluding carboxylic acids is 2. The van der Waals surface area contributed by atoms with Crippen molar-refractivity contribution < 1.29 is 22.8 Å². The summed E-state index contributed by atoms with van der Waals surface area (Å²) in [5.41, 5.74) is -0.211. The van der Waals surface area contributed by atoms with Crippen molar-refractivity contribution in [2.24, 2.45) is 0 Å². The molecule has 2 aromatic rings. The SMILES string of the molecule is CNC(=O)C1CN(C(=O)c2cncc(C)c2)CCN1c1ccc(C#N)c(C(F)(F)F)c1. The molecular weight excluding hydrogens is 411 g/mol. The minimum absolute atomic E-state index is 0.00615. The van der Waals surface area contributed by atoms with Gasteiger partial charge in [-0.3, -0.25) is 14.6 Å². The topological polar surface area (TPSA) is 89.3 Å². The molecule has 162 valence electrons. The second-order valence-corrected chi connectivity index (χ2v) is 7.17. The van der Waals surface area contributed by atoms with Gasteiger partial charge in [0.15, 0.2) is 0 Å². The zero-order valence-electron chi connectivity index (χ0n) is 16.9. The van der Waals surface area contributed by atoms with Crippen molar-refractivity contribution in [2.75, 3.05) is 31.6 Å². The van der Waals surface area contributed by atoms with E-state index in [1.165, 1.54) is 29.1 Å². The number of anilines is 1. The van der Waals surface area contributed by atoms with E-state index in [2.05, 4.69) is 10.3 Å². The molecule has 10 heteroatoms. The molecule has 1 aliphatic rings. The predicted molar refractivity (Wildman–Crippen MR) is 106 cm³/mol. The first-order valence-electron chi connectivity index (χ1n) is 9.46. The highest BCUT2D eigenvalue weighted by Crippen LogP contribution is 2.35. The Labute approximate surface area is 177 Å². The molecule has 1 aliphatic heterocycles. The van der Waals surface area contributed by atoms with Gasteiger partial charge in [0.1, 0.15) is 6.04 Å². The summed E-state index contributed by atoms with van der Waals surface area (Å²) in [5, 5.41) is 11.5. The summed E-state index contributed by atoms with van der Waals surface area (Å²) in [6.07, 6.45) is -1.66. The molecular formula is C21H20F3N5O2. The maximum Gasteiger partial charge on any atom is 0.417 e. The summed E-state index contributed by atoms with van der Waals surface area (Å²) in [7, 11) is 1.42. The maximum absolute atomic E-state index is 13.4. The van der Waals surface area contributed by atoms with Gasteiger partial charge >= 0.3 is 6.18 Å². The van der Waals surface area contributed by atoms with Crippen molar-refractivity contribution in [3.05, 3.63) is 58.9 Å². The Balaban J connectivity index is 1.92. The minimum Gasteiger partial charge on any atom is -0.357 e. The Bertz CT molecular complexity index is 1050. The third-order valence-corrected chi connectivity index (χ3v) is 5.10. The number of benzene rings is 1. The molecule has 0 aliphatic carbocycles. The van der Waals surface area contributed by atoms with Crippen LogP contribution in [0.5, 0.6) is 0 Å². The number of pyridine rings is 1. The van der Waals surface area contributed by atoms with Crippen molar-refractivity contribution in [3.63, 3.8) is 0 Å². The summed E-state index contributed by atoms with van der Waals surface area (Å²) >= 11 is 0. The van der Waals surface area contributed by atoms with Crippen molar-refractivity contribution in [1.29, 1.82) is 5.26 Å². The molecule has 0 bridgehead atoms. The number of hydrogen-bond donors (Lipinski definition) is 1. The van der Waals surface area contributed by atoms with Crippen LogP contribution in [0.15, 0.2) is 36.7 Å². The zero-order chi connectivity index (χ0) is 22.8. The van der Waals surface area contributed by atoms with E-state index in [4.69, 9.17) is 5.26 Å². The Morgan fingerprint density at radius 2 is 1.97 bits per heavy atom. The third-order valence-electron chi connectivity index (χ3n) is 5.10. The molecule has 0 radical (unpaired) electrons. The van der Waals surface area contributed by atoms with E-state index >= 15 is 0 Å². The van der Waals surface area contributed by atoms with Gasteiger partial charge < -0.3 is 15.1 Å². The number of carbonyl (C=O) groups is 2. The van der Waals surface area contributed by atoms with E-state index in [0.29, 0.717) is 5.56 Å². The fraction of sp³-hybridized carbons (Fsp3) is 0.333. The molecule has 1 unspecified atom stereocenters. The number of halogens is 3. The summed E-state index contributed by atoms with van der Waals surface area (Å²) < 4.78 is 40.2. The van der Waals surface area contributed by atoms with Crippen LogP contribution in [-0.4, -0.2) is 54.4 Å². The fourth-order valence-electron chi connectivity index (χ4n) is 3.56. The first kappa shape index (κ1) is 22.1. The van der Waals surface area contributed by atoms with Crippen LogP contribution in [0.4, 0.5) is 18.9 Å². The Morgan fingerprint density at radius 3 is 2.58 bits per heavy atom. The number of rotatable bonds is 3. The van der Waals surface area contributed by atoms with Gasteiger partial charge in [-0.15, -0.1) is 0 Å². The van der Waals surface area contributed by atoms with E-state index in [1.54, 1.807) is 25.3 Å². The lowest BCUT2D eigenvalue weighted by molar-refractivity contribution is -0.137. The van der Waals surface area contributed by atoms with Crippen LogP contribution in [0.25, 0.3) is 0 Å². The molecule has 1 fully saturated rings. The van der Waals surface area contributed by atoms with Gasteiger partial charge in [0, 0.05) is 38.2 Å². The Hall–Kier alpha value is -3.61. The minimum atomic E-state index is -4.71. The normalized spacial score (nSPS) is 16.6. The van der Waals surface area contributed by atoms with E-state index in [1.807, 2.05) is 0 Å². The first-order chi connectivity index (χ1) is 14.7. The molecule has 1 aromatic heterocycles. The molecule has 7 nitrogen and oxygen atoms in total. The van der Waals surface area contributed by atoms with Crippen LogP contribution >= 0.6 is 0 Å². The molecule has 1 saturated heterocycles. The highest BCUT2D eigenvalue weighted by molar-refractivity contribution is 5.95. The van der Waals surface area contributed by atoms with Gasteiger partial charge in [0.2, 0.25) is 5.91 Å². The highest BCUT2D eigenvalue weighted by atomic mass is 19.4.